The topological polar surface area (TPSA) is 127 Å². The number of aromatic carboxylic acids is 1. The van der Waals surface area contributed by atoms with Crippen LogP contribution in [-0.4, -0.2) is 52.0 Å². The number of nitrogens with one attached hydrogen (secondary N) is 3. The third-order valence-corrected chi connectivity index (χ3v) is 8.45. The first-order valence-electron chi connectivity index (χ1n) is 11.0. The minimum Gasteiger partial charge on any atom is -0.477 e. The minimum atomic E-state index is -1.17. The second-order valence-corrected chi connectivity index (χ2v) is 10.5. The van der Waals surface area contributed by atoms with Gasteiger partial charge in [-0.2, -0.15) is 0 Å². The SMILES string of the molecule is Cc1[nH]c(C(=O)N[C@H]2[C@@H]3CN(c4nc(CC(=O)Nc5cccc(F)c5)c(C(=O)O)s4)C[C@@H]32)c(Cl)c1Cl. The highest BCUT2D eigenvalue weighted by Gasteiger charge is 2.57. The smallest absolute Gasteiger partial charge is 0.347 e. The first-order valence-corrected chi connectivity index (χ1v) is 12.6. The largest absolute Gasteiger partial charge is 0.477 e. The van der Waals surface area contributed by atoms with Crippen LogP contribution < -0.4 is 15.5 Å². The number of halogens is 3. The van der Waals surface area contributed by atoms with Crippen LogP contribution in [0.4, 0.5) is 15.2 Å². The summed E-state index contributed by atoms with van der Waals surface area (Å²) in [5, 5.41) is 16.2. The maximum absolute atomic E-state index is 13.4. The number of aromatic amines is 1. The molecule has 0 unspecified atom stereocenters. The number of piperidine rings is 1. The number of aryl methyl sites for hydroxylation is 1. The molecule has 1 saturated carbocycles. The molecule has 3 atom stereocenters. The lowest BCUT2D eigenvalue weighted by atomic mass is 10.2. The van der Waals surface area contributed by atoms with Crippen LogP contribution in [0.25, 0.3) is 0 Å². The van der Waals surface area contributed by atoms with E-state index in [4.69, 9.17) is 23.2 Å². The molecule has 0 radical (unpaired) electrons. The minimum absolute atomic E-state index is 0.0153. The highest BCUT2D eigenvalue weighted by molar-refractivity contribution is 7.17. The molecule has 1 saturated heterocycles. The lowest BCUT2D eigenvalue weighted by molar-refractivity contribution is -0.115. The molecule has 3 heterocycles. The first kappa shape index (κ1) is 24.5. The Morgan fingerprint density at radius 2 is 1.97 bits per heavy atom. The third-order valence-electron chi connectivity index (χ3n) is 6.36. The Morgan fingerprint density at radius 1 is 1.25 bits per heavy atom. The average molecular weight is 552 g/mol. The van der Waals surface area contributed by atoms with Gasteiger partial charge in [-0.3, -0.25) is 9.59 Å². The van der Waals surface area contributed by atoms with Gasteiger partial charge in [0.1, 0.15) is 16.4 Å². The van der Waals surface area contributed by atoms with Crippen molar-refractivity contribution in [3.63, 3.8) is 0 Å². The number of carboxylic acids is 1. The van der Waals surface area contributed by atoms with Gasteiger partial charge in [0.25, 0.3) is 5.91 Å². The predicted octanol–water partition coefficient (Wildman–Crippen LogP) is 3.97. The van der Waals surface area contributed by atoms with Gasteiger partial charge in [0.2, 0.25) is 5.91 Å². The van der Waals surface area contributed by atoms with Crippen LogP contribution in [0.2, 0.25) is 10.0 Å². The number of anilines is 2. The van der Waals surface area contributed by atoms with E-state index in [0.717, 1.165) is 11.3 Å². The van der Waals surface area contributed by atoms with Gasteiger partial charge in [0.05, 0.1) is 22.2 Å². The summed E-state index contributed by atoms with van der Waals surface area (Å²) in [4.78, 5) is 46.1. The molecule has 0 spiro atoms. The molecule has 2 amide bonds. The van der Waals surface area contributed by atoms with E-state index in [9.17, 15) is 23.9 Å². The van der Waals surface area contributed by atoms with Gasteiger partial charge in [-0.05, 0) is 25.1 Å². The summed E-state index contributed by atoms with van der Waals surface area (Å²) in [5.74, 6) is -2.10. The van der Waals surface area contributed by atoms with Crippen molar-refractivity contribution in [1.82, 2.24) is 15.3 Å². The van der Waals surface area contributed by atoms with Gasteiger partial charge in [0, 0.05) is 42.3 Å². The van der Waals surface area contributed by atoms with E-state index in [-0.39, 0.29) is 57.2 Å². The summed E-state index contributed by atoms with van der Waals surface area (Å²) in [5.41, 5.74) is 1.27. The Bertz CT molecular complexity index is 1380. The molecule has 1 aromatic carbocycles. The molecule has 2 fully saturated rings. The van der Waals surface area contributed by atoms with Crippen LogP contribution in [0.5, 0.6) is 0 Å². The van der Waals surface area contributed by atoms with Crippen molar-refractivity contribution in [2.45, 2.75) is 19.4 Å². The van der Waals surface area contributed by atoms with Crippen LogP contribution in [0, 0.1) is 24.6 Å². The molecule has 9 nitrogen and oxygen atoms in total. The Balaban J connectivity index is 1.21. The second kappa shape index (κ2) is 9.38. The molecule has 13 heteroatoms. The van der Waals surface area contributed by atoms with Gasteiger partial charge in [-0.15, -0.1) is 0 Å². The van der Waals surface area contributed by atoms with E-state index in [2.05, 4.69) is 20.6 Å². The van der Waals surface area contributed by atoms with Gasteiger partial charge in [-0.1, -0.05) is 40.6 Å². The predicted molar refractivity (Wildman–Crippen MR) is 134 cm³/mol. The lowest BCUT2D eigenvalue weighted by Crippen LogP contribution is -2.34. The average Bonchev–Trinajstić information content (AvgIpc) is 3.18. The van der Waals surface area contributed by atoms with Crippen LogP contribution in [-0.2, 0) is 11.2 Å². The zero-order valence-electron chi connectivity index (χ0n) is 18.8. The van der Waals surface area contributed by atoms with Crippen LogP contribution in [0.15, 0.2) is 24.3 Å². The number of thiazole rings is 1. The number of benzene rings is 1. The van der Waals surface area contributed by atoms with Crippen molar-refractivity contribution in [3.8, 4) is 0 Å². The van der Waals surface area contributed by atoms with E-state index >= 15 is 0 Å². The number of carbonyl (C=O) groups is 3. The zero-order chi connectivity index (χ0) is 25.7. The van der Waals surface area contributed by atoms with Crippen LogP contribution in [0.1, 0.15) is 31.5 Å². The number of carboxylic acid groups (broad SMARTS) is 1. The first-order chi connectivity index (χ1) is 17.1. The third kappa shape index (κ3) is 4.65. The number of hydrogen-bond acceptors (Lipinski definition) is 6. The summed E-state index contributed by atoms with van der Waals surface area (Å²) in [6.07, 6.45) is -0.257. The highest BCUT2D eigenvalue weighted by atomic mass is 35.5. The van der Waals surface area contributed by atoms with Gasteiger partial charge in [0.15, 0.2) is 5.13 Å². The monoisotopic (exact) mass is 551 g/mol. The number of nitrogens with zero attached hydrogens (tertiary/aromatic N) is 2. The number of carbonyl (C=O) groups excluding carboxylic acids is 2. The van der Waals surface area contributed by atoms with E-state index in [1.807, 2.05) is 4.90 Å². The van der Waals surface area contributed by atoms with Gasteiger partial charge >= 0.3 is 5.97 Å². The second-order valence-electron chi connectivity index (χ2n) is 8.80. The number of aromatic nitrogens is 2. The number of fused-ring (bicyclic) bond motifs is 1. The number of H-pyrrole nitrogens is 1. The molecule has 5 rings (SSSR count). The summed E-state index contributed by atoms with van der Waals surface area (Å²) in [6.45, 7) is 2.91. The standard InChI is InChI=1S/C23H20Cl2FN5O4S/c1-9-16(24)17(25)19(27-9)21(33)30-18-12-7-31(8-13(12)18)23-29-14(20(36-23)22(34)35)6-15(32)28-11-4-2-3-10(26)5-11/h2-5,12-13,18,27H,6-8H2,1H3,(H,28,32)(H,30,33)(H,34,35)/t12-,13+,18+. The number of rotatable bonds is 7. The summed E-state index contributed by atoms with van der Waals surface area (Å²) >= 11 is 13.2. The van der Waals surface area contributed by atoms with E-state index in [1.165, 1.54) is 24.3 Å². The maximum Gasteiger partial charge on any atom is 0.347 e. The van der Waals surface area contributed by atoms with Crippen molar-refractivity contribution in [1.29, 1.82) is 0 Å². The molecule has 3 aromatic rings. The maximum atomic E-state index is 13.4. The van der Waals surface area contributed by atoms with Crippen molar-refractivity contribution in [2.24, 2.45) is 11.8 Å². The van der Waals surface area contributed by atoms with Crippen molar-refractivity contribution in [2.75, 3.05) is 23.3 Å². The summed E-state index contributed by atoms with van der Waals surface area (Å²) in [7, 11) is 0. The van der Waals surface area contributed by atoms with E-state index in [1.54, 1.807) is 6.92 Å². The molecule has 2 aliphatic rings. The fourth-order valence-corrected chi connectivity index (χ4v) is 5.89. The molecule has 4 N–H and O–H groups in total. The fourth-order valence-electron chi connectivity index (χ4n) is 4.53. The number of amides is 2. The molecule has 2 aromatic heterocycles. The van der Waals surface area contributed by atoms with E-state index in [0.29, 0.717) is 28.9 Å². The van der Waals surface area contributed by atoms with Crippen molar-refractivity contribution in [3.05, 3.63) is 62.1 Å². The Hall–Kier alpha value is -3.15. The molecule has 36 heavy (non-hydrogen) atoms. The molecule has 0 bridgehead atoms. The number of hydrogen-bond donors (Lipinski definition) is 4. The fraction of sp³-hybridized carbons (Fsp3) is 0.304. The van der Waals surface area contributed by atoms with Crippen molar-refractivity contribution >= 4 is 63.1 Å². The molecular formula is C23H20Cl2FN5O4S. The van der Waals surface area contributed by atoms with Gasteiger partial charge < -0.3 is 25.6 Å². The summed E-state index contributed by atoms with van der Waals surface area (Å²) in [6, 6.07) is 5.41. The van der Waals surface area contributed by atoms with E-state index < -0.39 is 17.7 Å². The molecular weight excluding hydrogens is 532 g/mol. The Morgan fingerprint density at radius 3 is 2.58 bits per heavy atom. The van der Waals surface area contributed by atoms with Gasteiger partial charge in [-0.25, -0.2) is 14.2 Å². The van der Waals surface area contributed by atoms with Crippen LogP contribution in [0.3, 0.4) is 0 Å². The molecule has 188 valence electrons. The molecule has 1 aliphatic heterocycles. The quantitative estimate of drug-likeness (QED) is 0.352. The lowest BCUT2D eigenvalue weighted by Gasteiger charge is -2.19. The zero-order valence-corrected chi connectivity index (χ0v) is 21.1. The normalized spacial score (nSPS) is 20.2. The highest BCUT2D eigenvalue weighted by Crippen LogP contribution is 2.48. The van der Waals surface area contributed by atoms with Crippen LogP contribution >= 0.6 is 34.5 Å². The Labute approximate surface area is 218 Å². The summed E-state index contributed by atoms with van der Waals surface area (Å²) < 4.78 is 13.4. The Kier molecular flexibility index (Phi) is 6.39. The molecule has 1 aliphatic carbocycles. The van der Waals surface area contributed by atoms with Crippen molar-refractivity contribution < 1.29 is 23.9 Å².